The summed E-state index contributed by atoms with van der Waals surface area (Å²) in [4.78, 5) is 10.9. The molecular weight excluding hydrogens is 237 g/mol. The van der Waals surface area contributed by atoms with Crippen LogP contribution in [0.25, 0.3) is 0 Å². The minimum absolute atomic E-state index is 0.0190. The average molecular weight is 245 g/mol. The Morgan fingerprint density at radius 2 is 2.06 bits per heavy atom. The lowest BCUT2D eigenvalue weighted by Crippen LogP contribution is -2.07. The number of hydrogen-bond acceptors (Lipinski definition) is 4. The minimum Gasteiger partial charge on any atom is -0.478 e. The van der Waals surface area contributed by atoms with Crippen molar-refractivity contribution in [2.24, 2.45) is 0 Å². The Kier molecular flexibility index (Phi) is 4.01. The molecule has 0 saturated carbocycles. The molecular formula is C12H8FN3O2. The van der Waals surface area contributed by atoms with Crippen LogP contribution in [0.5, 0.6) is 0 Å². The van der Waals surface area contributed by atoms with Crippen molar-refractivity contribution >= 4 is 11.7 Å². The molecule has 0 fully saturated rings. The second-order valence-corrected chi connectivity index (χ2v) is 3.35. The number of allylic oxidation sites excluding steroid dienone is 1. The first-order valence-electron chi connectivity index (χ1n) is 4.80. The molecule has 0 saturated heterocycles. The molecule has 1 rings (SSSR count). The van der Waals surface area contributed by atoms with Crippen molar-refractivity contribution < 1.29 is 14.3 Å². The summed E-state index contributed by atoms with van der Waals surface area (Å²) in [6.45, 7) is 1.58. The van der Waals surface area contributed by atoms with Crippen LogP contribution in [-0.4, -0.2) is 11.1 Å². The van der Waals surface area contributed by atoms with Crippen LogP contribution < -0.4 is 5.32 Å². The molecule has 0 radical (unpaired) electrons. The van der Waals surface area contributed by atoms with Crippen molar-refractivity contribution in [3.05, 3.63) is 40.8 Å². The molecule has 0 bridgehead atoms. The van der Waals surface area contributed by atoms with Gasteiger partial charge in [-0.05, 0) is 18.6 Å². The number of rotatable bonds is 3. The van der Waals surface area contributed by atoms with E-state index in [1.165, 1.54) is 6.07 Å². The van der Waals surface area contributed by atoms with Gasteiger partial charge in [0.2, 0.25) is 0 Å². The van der Waals surface area contributed by atoms with Gasteiger partial charge in [0.1, 0.15) is 29.1 Å². The Labute approximate surface area is 102 Å². The number of nitriles is 2. The Morgan fingerprint density at radius 1 is 1.44 bits per heavy atom. The number of hydrogen-bond donors (Lipinski definition) is 2. The topological polar surface area (TPSA) is 96.9 Å². The van der Waals surface area contributed by atoms with E-state index in [0.717, 1.165) is 12.3 Å². The van der Waals surface area contributed by atoms with Gasteiger partial charge in [-0.1, -0.05) is 6.07 Å². The van der Waals surface area contributed by atoms with E-state index in [1.807, 2.05) is 0 Å². The molecule has 0 aliphatic carbocycles. The fourth-order valence-electron chi connectivity index (χ4n) is 1.31. The van der Waals surface area contributed by atoms with E-state index in [1.54, 1.807) is 19.1 Å². The van der Waals surface area contributed by atoms with Crippen molar-refractivity contribution in [2.75, 3.05) is 5.32 Å². The molecule has 1 aromatic rings. The number of halogens is 1. The number of aryl methyl sites for hydroxylation is 1. The molecule has 5 nitrogen and oxygen atoms in total. The number of carboxylic acid groups (broad SMARTS) is 1. The lowest BCUT2D eigenvalue weighted by Gasteiger charge is -2.10. The summed E-state index contributed by atoms with van der Waals surface area (Å²) in [5, 5.41) is 28.5. The number of nitrogens with zero attached hydrogens (tertiary/aromatic N) is 2. The Bertz CT molecular complexity index is 593. The van der Waals surface area contributed by atoms with Gasteiger partial charge in [0, 0.05) is 6.20 Å². The first-order valence-corrected chi connectivity index (χ1v) is 4.80. The number of anilines is 1. The fourth-order valence-corrected chi connectivity index (χ4v) is 1.31. The molecule has 2 N–H and O–H groups in total. The van der Waals surface area contributed by atoms with Crippen LogP contribution in [-0.2, 0) is 0 Å². The summed E-state index contributed by atoms with van der Waals surface area (Å²) in [6.07, 6.45) is 1.04. The van der Waals surface area contributed by atoms with Crippen LogP contribution in [0.3, 0.4) is 0 Å². The average Bonchev–Trinajstić information content (AvgIpc) is 2.34. The molecule has 0 unspecified atom stereocenters. The highest BCUT2D eigenvalue weighted by atomic mass is 19.1. The smallest absolute Gasteiger partial charge is 0.340 e. The summed E-state index contributed by atoms with van der Waals surface area (Å²) < 4.78 is 13.4. The molecule has 0 amide bonds. The number of carbonyl (C=O) groups is 1. The van der Waals surface area contributed by atoms with E-state index in [2.05, 4.69) is 5.32 Å². The summed E-state index contributed by atoms with van der Waals surface area (Å²) >= 11 is 0. The van der Waals surface area contributed by atoms with Crippen LogP contribution in [0, 0.1) is 35.4 Å². The second kappa shape index (κ2) is 5.46. The third-order valence-corrected chi connectivity index (χ3v) is 2.18. The fraction of sp³-hybridized carbons (Fsp3) is 0.0833. The first-order chi connectivity index (χ1) is 8.51. The normalized spacial score (nSPS) is 8.89. The van der Waals surface area contributed by atoms with E-state index in [9.17, 15) is 9.18 Å². The molecule has 0 aromatic heterocycles. The molecule has 6 heteroatoms. The van der Waals surface area contributed by atoms with E-state index >= 15 is 0 Å². The quantitative estimate of drug-likeness (QED) is 0.795. The molecule has 1 aromatic carbocycles. The highest BCUT2D eigenvalue weighted by Gasteiger charge is 2.17. The van der Waals surface area contributed by atoms with Crippen LogP contribution >= 0.6 is 0 Å². The molecule has 0 aliphatic rings. The van der Waals surface area contributed by atoms with Crippen molar-refractivity contribution in [1.29, 1.82) is 10.5 Å². The van der Waals surface area contributed by atoms with Crippen molar-refractivity contribution in [3.63, 3.8) is 0 Å². The van der Waals surface area contributed by atoms with E-state index in [4.69, 9.17) is 15.6 Å². The maximum absolute atomic E-state index is 13.4. The Morgan fingerprint density at radius 3 is 2.56 bits per heavy atom. The lowest BCUT2D eigenvalue weighted by atomic mass is 10.1. The monoisotopic (exact) mass is 245 g/mol. The molecule has 18 heavy (non-hydrogen) atoms. The minimum atomic E-state index is -1.43. The van der Waals surface area contributed by atoms with Gasteiger partial charge in [0.15, 0.2) is 0 Å². The van der Waals surface area contributed by atoms with Crippen LogP contribution in [0.1, 0.15) is 15.9 Å². The first kappa shape index (κ1) is 13.2. The van der Waals surface area contributed by atoms with E-state index in [-0.39, 0.29) is 11.3 Å². The predicted molar refractivity (Wildman–Crippen MR) is 61.0 cm³/mol. The summed E-state index contributed by atoms with van der Waals surface area (Å²) in [6, 6.07) is 5.65. The molecule has 90 valence electrons. The van der Waals surface area contributed by atoms with Crippen LogP contribution in [0.15, 0.2) is 23.9 Å². The highest BCUT2D eigenvalue weighted by Crippen LogP contribution is 2.23. The summed E-state index contributed by atoms with van der Waals surface area (Å²) in [7, 11) is 0. The number of carboxylic acids is 1. The maximum Gasteiger partial charge on any atom is 0.340 e. The van der Waals surface area contributed by atoms with Crippen LogP contribution in [0.2, 0.25) is 0 Å². The second-order valence-electron chi connectivity index (χ2n) is 3.35. The largest absolute Gasteiger partial charge is 0.478 e. The maximum atomic E-state index is 13.4. The Balaban J connectivity index is 3.30. The van der Waals surface area contributed by atoms with Crippen LogP contribution in [0.4, 0.5) is 10.1 Å². The third kappa shape index (κ3) is 2.63. The zero-order valence-corrected chi connectivity index (χ0v) is 9.36. The number of nitrogens with one attached hydrogen (secondary N) is 1. The van der Waals surface area contributed by atoms with Gasteiger partial charge in [0.25, 0.3) is 0 Å². The van der Waals surface area contributed by atoms with Gasteiger partial charge in [-0.25, -0.2) is 9.18 Å². The number of aromatic carboxylic acids is 1. The molecule has 0 atom stereocenters. The van der Waals surface area contributed by atoms with Crippen molar-refractivity contribution in [3.8, 4) is 12.1 Å². The zero-order valence-electron chi connectivity index (χ0n) is 9.36. The van der Waals surface area contributed by atoms with Crippen molar-refractivity contribution in [2.45, 2.75) is 6.92 Å². The van der Waals surface area contributed by atoms with Gasteiger partial charge in [-0.2, -0.15) is 10.5 Å². The van der Waals surface area contributed by atoms with Crippen molar-refractivity contribution in [1.82, 2.24) is 0 Å². The lowest BCUT2D eigenvalue weighted by molar-refractivity contribution is 0.0693. The zero-order chi connectivity index (χ0) is 13.7. The Hall–Kier alpha value is -2.86. The SMILES string of the molecule is Cc1ccc(F)c(C(=O)O)c1NC=C(C#N)C#N. The number of benzene rings is 1. The molecule has 0 heterocycles. The third-order valence-electron chi connectivity index (χ3n) is 2.18. The predicted octanol–water partition coefficient (Wildman–Crippen LogP) is 2.18. The molecule has 0 spiro atoms. The van der Waals surface area contributed by atoms with E-state index in [0.29, 0.717) is 5.56 Å². The molecule has 0 aliphatic heterocycles. The standard InChI is InChI=1S/C12H8FN3O2/c1-7-2-3-9(13)10(12(17)18)11(7)16-6-8(4-14)5-15/h2-3,6,16H,1H3,(H,17,18). The summed E-state index contributed by atoms with van der Waals surface area (Å²) in [5.74, 6) is -2.32. The van der Waals surface area contributed by atoms with E-state index < -0.39 is 17.3 Å². The van der Waals surface area contributed by atoms with Gasteiger partial charge >= 0.3 is 5.97 Å². The van der Waals surface area contributed by atoms with Gasteiger partial charge in [0.05, 0.1) is 5.69 Å². The summed E-state index contributed by atoms with van der Waals surface area (Å²) in [5.41, 5.74) is -0.262. The van der Waals surface area contributed by atoms with Gasteiger partial charge in [-0.3, -0.25) is 0 Å². The highest BCUT2D eigenvalue weighted by molar-refractivity contribution is 5.95. The van der Waals surface area contributed by atoms with Gasteiger partial charge in [-0.15, -0.1) is 0 Å². The van der Waals surface area contributed by atoms with Gasteiger partial charge < -0.3 is 10.4 Å².